The van der Waals surface area contributed by atoms with E-state index in [1.807, 2.05) is 0 Å². The van der Waals surface area contributed by atoms with Crippen molar-refractivity contribution in [1.82, 2.24) is 4.98 Å². The summed E-state index contributed by atoms with van der Waals surface area (Å²) in [7, 11) is -3.96. The van der Waals surface area contributed by atoms with Crippen LogP contribution in [0.2, 0.25) is 0 Å². The molecule has 9 nitrogen and oxygen atoms in total. The summed E-state index contributed by atoms with van der Waals surface area (Å²) in [5.41, 5.74) is 0.0479. The number of thiazole rings is 1. The van der Waals surface area contributed by atoms with Gasteiger partial charge in [0.25, 0.3) is 11.6 Å². The summed E-state index contributed by atoms with van der Waals surface area (Å²) in [6, 6.07) is 16.1. The number of nitrogens with one attached hydrogen (secondary N) is 1. The summed E-state index contributed by atoms with van der Waals surface area (Å²) >= 11 is 0.754. The number of halogens is 1. The third kappa shape index (κ3) is 5.08. The molecule has 0 aliphatic heterocycles. The lowest BCUT2D eigenvalue weighted by atomic mass is 10.2. The number of rotatable bonds is 7. The van der Waals surface area contributed by atoms with Gasteiger partial charge in [0.2, 0.25) is 9.84 Å². The molecule has 0 saturated carbocycles. The zero-order chi connectivity index (χ0) is 24.3. The Morgan fingerprint density at radius 2 is 1.56 bits per heavy atom. The number of nitrogens with zero attached hydrogens (tertiary/aromatic N) is 2. The summed E-state index contributed by atoms with van der Waals surface area (Å²) in [6.45, 7) is 0. The molecule has 0 aliphatic rings. The summed E-state index contributed by atoms with van der Waals surface area (Å²) in [5.74, 6) is -0.0238. The normalized spacial score (nSPS) is 11.1. The Bertz CT molecular complexity index is 1450. The number of nitro benzene ring substituents is 1. The van der Waals surface area contributed by atoms with Crippen molar-refractivity contribution in [3.8, 4) is 11.5 Å². The Kier molecular flexibility index (Phi) is 6.34. The number of sulfone groups is 1. The van der Waals surface area contributed by atoms with Gasteiger partial charge in [-0.3, -0.25) is 20.2 Å². The van der Waals surface area contributed by atoms with Crippen LogP contribution in [0.25, 0.3) is 0 Å². The minimum Gasteiger partial charge on any atom is -0.457 e. The van der Waals surface area contributed by atoms with Gasteiger partial charge in [0, 0.05) is 17.7 Å². The molecule has 0 saturated heterocycles. The highest BCUT2D eigenvalue weighted by atomic mass is 32.2. The van der Waals surface area contributed by atoms with E-state index in [1.54, 1.807) is 12.1 Å². The van der Waals surface area contributed by atoms with Crippen LogP contribution in [-0.2, 0) is 9.84 Å². The highest BCUT2D eigenvalue weighted by Gasteiger charge is 2.22. The maximum atomic E-state index is 13.0. The fourth-order valence-electron chi connectivity index (χ4n) is 2.79. The summed E-state index contributed by atoms with van der Waals surface area (Å²) < 4.78 is 43.9. The molecule has 0 radical (unpaired) electrons. The fourth-order valence-corrected chi connectivity index (χ4v) is 5.21. The van der Waals surface area contributed by atoms with Crippen LogP contribution in [0.4, 0.5) is 15.2 Å². The van der Waals surface area contributed by atoms with Crippen molar-refractivity contribution in [1.29, 1.82) is 0 Å². The molecule has 1 heterocycles. The monoisotopic (exact) mass is 499 g/mol. The number of carbonyl (C=O) groups excluding carboxylic acids is 1. The minimum absolute atomic E-state index is 0.0668. The number of ether oxygens (including phenoxy) is 1. The van der Waals surface area contributed by atoms with Crippen LogP contribution in [0.1, 0.15) is 10.4 Å². The first-order valence-electron chi connectivity index (χ1n) is 9.52. The summed E-state index contributed by atoms with van der Waals surface area (Å²) in [4.78, 5) is 26.5. The number of non-ortho nitro benzene ring substituents is 1. The standard InChI is InChI=1S/C22H14FN3O6S2/c23-15-3-9-18(10-4-15)32-17-7-1-14(2-8-17)21(27)25-22-24-13-20(33-22)34(30,31)19-11-5-16(6-12-19)26(28)29/h1-13H,(H,24,25,27). The molecule has 4 rings (SSSR count). The van der Waals surface area contributed by atoms with Gasteiger partial charge in [-0.2, -0.15) is 0 Å². The second-order valence-electron chi connectivity index (χ2n) is 6.77. The molecule has 12 heteroatoms. The van der Waals surface area contributed by atoms with Crippen molar-refractivity contribution in [2.24, 2.45) is 0 Å². The average molecular weight is 500 g/mol. The molecule has 0 spiro atoms. The van der Waals surface area contributed by atoms with Crippen LogP contribution >= 0.6 is 11.3 Å². The SMILES string of the molecule is O=C(Nc1ncc(S(=O)(=O)c2ccc([N+](=O)[O-])cc2)s1)c1ccc(Oc2ccc(F)cc2)cc1. The largest absolute Gasteiger partial charge is 0.457 e. The number of anilines is 1. The quantitative estimate of drug-likeness (QED) is 0.278. The molecule has 3 aromatic carbocycles. The van der Waals surface area contributed by atoms with Crippen LogP contribution in [-0.4, -0.2) is 24.2 Å². The van der Waals surface area contributed by atoms with E-state index in [4.69, 9.17) is 4.74 Å². The van der Waals surface area contributed by atoms with E-state index in [2.05, 4.69) is 10.3 Å². The number of hydrogen-bond acceptors (Lipinski definition) is 8. The Morgan fingerprint density at radius 3 is 2.15 bits per heavy atom. The van der Waals surface area contributed by atoms with Gasteiger partial charge in [-0.15, -0.1) is 0 Å². The van der Waals surface area contributed by atoms with Gasteiger partial charge in [0.05, 0.1) is 16.0 Å². The van der Waals surface area contributed by atoms with Gasteiger partial charge < -0.3 is 4.74 Å². The summed E-state index contributed by atoms with van der Waals surface area (Å²) in [6.07, 6.45) is 1.11. The van der Waals surface area contributed by atoms with Crippen LogP contribution in [0.3, 0.4) is 0 Å². The lowest BCUT2D eigenvalue weighted by molar-refractivity contribution is -0.384. The van der Waals surface area contributed by atoms with E-state index in [-0.39, 0.29) is 31.3 Å². The molecular weight excluding hydrogens is 485 g/mol. The predicted octanol–water partition coefficient (Wildman–Crippen LogP) is 5.07. The number of aromatic nitrogens is 1. The topological polar surface area (TPSA) is 128 Å². The number of nitro groups is 1. The molecule has 1 N–H and O–H groups in total. The fraction of sp³-hybridized carbons (Fsp3) is 0. The first-order chi connectivity index (χ1) is 16.2. The van der Waals surface area contributed by atoms with Crippen molar-refractivity contribution in [3.05, 3.63) is 100 Å². The molecule has 0 aliphatic carbocycles. The molecule has 0 unspecified atom stereocenters. The van der Waals surface area contributed by atoms with E-state index < -0.39 is 20.7 Å². The van der Waals surface area contributed by atoms with E-state index in [0.29, 0.717) is 11.5 Å². The molecule has 34 heavy (non-hydrogen) atoms. The van der Waals surface area contributed by atoms with Crippen LogP contribution in [0, 0.1) is 15.9 Å². The lowest BCUT2D eigenvalue weighted by Gasteiger charge is -2.07. The number of carbonyl (C=O) groups is 1. The molecule has 4 aromatic rings. The smallest absolute Gasteiger partial charge is 0.269 e. The van der Waals surface area contributed by atoms with Crippen molar-refractivity contribution in [2.75, 3.05) is 5.32 Å². The summed E-state index contributed by atoms with van der Waals surface area (Å²) in [5, 5.41) is 13.4. The second-order valence-corrected chi connectivity index (χ2v) is 9.98. The predicted molar refractivity (Wildman–Crippen MR) is 122 cm³/mol. The third-order valence-electron chi connectivity index (χ3n) is 4.49. The van der Waals surface area contributed by atoms with E-state index in [1.165, 1.54) is 36.4 Å². The van der Waals surface area contributed by atoms with Gasteiger partial charge >= 0.3 is 0 Å². The molecular formula is C22H14FN3O6S2. The highest BCUT2D eigenvalue weighted by molar-refractivity contribution is 7.93. The molecule has 0 atom stereocenters. The molecule has 0 fully saturated rings. The van der Waals surface area contributed by atoms with Gasteiger partial charge in [-0.05, 0) is 60.7 Å². The van der Waals surface area contributed by atoms with Crippen LogP contribution < -0.4 is 10.1 Å². The number of hydrogen-bond donors (Lipinski definition) is 1. The van der Waals surface area contributed by atoms with Crippen molar-refractivity contribution in [3.63, 3.8) is 0 Å². The van der Waals surface area contributed by atoms with Crippen LogP contribution in [0.5, 0.6) is 11.5 Å². The zero-order valence-corrected chi connectivity index (χ0v) is 18.7. The van der Waals surface area contributed by atoms with Gasteiger partial charge in [-0.25, -0.2) is 17.8 Å². The van der Waals surface area contributed by atoms with Gasteiger partial charge in [0.15, 0.2) is 5.13 Å². The Hall–Kier alpha value is -4.16. The van der Waals surface area contributed by atoms with Gasteiger partial charge in [-0.1, -0.05) is 11.3 Å². The Balaban J connectivity index is 1.43. The maximum Gasteiger partial charge on any atom is 0.269 e. The van der Waals surface area contributed by atoms with Gasteiger partial charge in [0.1, 0.15) is 21.5 Å². The number of amides is 1. The Labute approximate surface area is 196 Å². The minimum atomic E-state index is -3.96. The van der Waals surface area contributed by atoms with E-state index in [0.717, 1.165) is 41.8 Å². The lowest BCUT2D eigenvalue weighted by Crippen LogP contribution is -2.11. The van der Waals surface area contributed by atoms with Crippen molar-refractivity contribution >= 4 is 37.9 Å². The first kappa shape index (κ1) is 23.0. The molecule has 1 amide bonds. The Morgan fingerprint density at radius 1 is 0.971 bits per heavy atom. The molecule has 1 aromatic heterocycles. The zero-order valence-electron chi connectivity index (χ0n) is 17.0. The highest BCUT2D eigenvalue weighted by Crippen LogP contribution is 2.30. The van der Waals surface area contributed by atoms with Crippen molar-refractivity contribution in [2.45, 2.75) is 9.10 Å². The van der Waals surface area contributed by atoms with E-state index in [9.17, 15) is 27.7 Å². The molecule has 0 bridgehead atoms. The average Bonchev–Trinajstić information content (AvgIpc) is 3.30. The third-order valence-corrected chi connectivity index (χ3v) is 7.64. The van der Waals surface area contributed by atoms with Crippen LogP contribution in [0.15, 0.2) is 88.1 Å². The van der Waals surface area contributed by atoms with E-state index >= 15 is 0 Å². The molecule has 172 valence electrons. The maximum absolute atomic E-state index is 13.0. The second kappa shape index (κ2) is 9.37. The van der Waals surface area contributed by atoms with Crippen molar-refractivity contribution < 1.29 is 27.3 Å². The first-order valence-corrected chi connectivity index (χ1v) is 11.8. The number of benzene rings is 3.